The molecule has 1 aliphatic rings. The van der Waals surface area contributed by atoms with Gasteiger partial charge in [0.15, 0.2) is 0 Å². The highest BCUT2D eigenvalue weighted by Crippen LogP contribution is 2.15. The minimum Gasteiger partial charge on any atom is -0.497 e. The third-order valence-corrected chi connectivity index (χ3v) is 3.40. The molecule has 2 N–H and O–H groups in total. The molecule has 1 fully saturated rings. The third kappa shape index (κ3) is 3.86. The van der Waals surface area contributed by atoms with Crippen molar-refractivity contribution in [2.75, 3.05) is 32.1 Å². The molecule has 104 valence electrons. The number of amides is 2. The predicted octanol–water partition coefficient (Wildman–Crippen LogP) is 1.91. The van der Waals surface area contributed by atoms with Gasteiger partial charge in [0.25, 0.3) is 0 Å². The van der Waals surface area contributed by atoms with Crippen LogP contribution in [0.3, 0.4) is 0 Å². The van der Waals surface area contributed by atoms with E-state index in [1.165, 1.54) is 0 Å². The number of carbonyl (C=O) groups excluding carboxylic acids is 1. The number of benzene rings is 1. The van der Waals surface area contributed by atoms with Crippen LogP contribution in [0, 0.1) is 0 Å². The summed E-state index contributed by atoms with van der Waals surface area (Å²) in [6.07, 6.45) is 1.02. The van der Waals surface area contributed by atoms with Crippen LogP contribution >= 0.6 is 0 Å². The van der Waals surface area contributed by atoms with Crippen LogP contribution in [0.25, 0.3) is 0 Å². The Morgan fingerprint density at radius 3 is 2.74 bits per heavy atom. The van der Waals surface area contributed by atoms with Gasteiger partial charge in [0.05, 0.1) is 7.11 Å². The molecule has 0 bridgehead atoms. The Labute approximate surface area is 113 Å². The molecule has 0 aliphatic carbocycles. The summed E-state index contributed by atoms with van der Waals surface area (Å²) in [5.41, 5.74) is 0.767. The first-order valence-corrected chi connectivity index (χ1v) is 6.65. The monoisotopic (exact) mass is 263 g/mol. The quantitative estimate of drug-likeness (QED) is 0.872. The van der Waals surface area contributed by atoms with Crippen LogP contribution in [0.2, 0.25) is 0 Å². The van der Waals surface area contributed by atoms with Gasteiger partial charge in [-0.25, -0.2) is 4.79 Å². The maximum atomic E-state index is 11.8. The van der Waals surface area contributed by atoms with E-state index >= 15 is 0 Å². The number of likely N-dealkylation sites (tertiary alicyclic amines) is 1. The van der Waals surface area contributed by atoms with Gasteiger partial charge in [-0.05, 0) is 37.2 Å². The Kier molecular flexibility index (Phi) is 4.63. The van der Waals surface area contributed by atoms with Gasteiger partial charge in [0, 0.05) is 24.8 Å². The number of nitrogens with zero attached hydrogens (tertiary/aromatic N) is 1. The Bertz CT molecular complexity index is 419. The zero-order chi connectivity index (χ0) is 13.7. The smallest absolute Gasteiger partial charge is 0.319 e. The van der Waals surface area contributed by atoms with Crippen molar-refractivity contribution in [1.82, 2.24) is 10.2 Å². The number of anilines is 1. The third-order valence-electron chi connectivity index (χ3n) is 3.40. The second-order valence-electron chi connectivity index (χ2n) is 4.71. The van der Waals surface area contributed by atoms with Crippen molar-refractivity contribution in [3.05, 3.63) is 24.3 Å². The maximum Gasteiger partial charge on any atom is 0.319 e. The molecule has 1 heterocycles. The van der Waals surface area contributed by atoms with Gasteiger partial charge in [-0.3, -0.25) is 0 Å². The van der Waals surface area contributed by atoms with Gasteiger partial charge in [0.1, 0.15) is 5.75 Å². The standard InChI is InChI=1S/C14H21N3O2/c1-3-17-9-8-12(10-17)16-14(18)15-11-4-6-13(19-2)7-5-11/h4-7,12H,3,8-10H2,1-2H3,(H2,15,16,18)/t12-/m1/s1. The van der Waals surface area contributed by atoms with E-state index in [9.17, 15) is 4.79 Å². The van der Waals surface area contributed by atoms with Crippen LogP contribution in [0.15, 0.2) is 24.3 Å². The molecule has 1 atom stereocenters. The van der Waals surface area contributed by atoms with Crippen LogP contribution in [0.1, 0.15) is 13.3 Å². The Morgan fingerprint density at radius 2 is 2.16 bits per heavy atom. The van der Waals surface area contributed by atoms with Gasteiger partial charge >= 0.3 is 6.03 Å². The average Bonchev–Trinajstić information content (AvgIpc) is 2.87. The maximum absolute atomic E-state index is 11.8. The number of nitrogens with one attached hydrogen (secondary N) is 2. The van der Waals surface area contributed by atoms with Gasteiger partial charge < -0.3 is 20.3 Å². The Hall–Kier alpha value is -1.75. The number of rotatable bonds is 4. The topological polar surface area (TPSA) is 53.6 Å². The summed E-state index contributed by atoms with van der Waals surface area (Å²) < 4.78 is 5.07. The molecule has 0 spiro atoms. The number of methoxy groups -OCH3 is 1. The number of ether oxygens (including phenoxy) is 1. The van der Waals surface area contributed by atoms with Crippen LogP contribution in [-0.2, 0) is 0 Å². The summed E-state index contributed by atoms with van der Waals surface area (Å²) in [4.78, 5) is 14.2. The first kappa shape index (κ1) is 13.7. The van der Waals surface area contributed by atoms with Gasteiger partial charge in [0.2, 0.25) is 0 Å². The lowest BCUT2D eigenvalue weighted by Gasteiger charge is -2.15. The first-order chi connectivity index (χ1) is 9.21. The zero-order valence-corrected chi connectivity index (χ0v) is 11.5. The summed E-state index contributed by atoms with van der Waals surface area (Å²) >= 11 is 0. The summed E-state index contributed by atoms with van der Waals surface area (Å²) in [5.74, 6) is 0.778. The van der Waals surface area contributed by atoms with Crippen molar-refractivity contribution in [2.45, 2.75) is 19.4 Å². The average molecular weight is 263 g/mol. The zero-order valence-electron chi connectivity index (χ0n) is 11.5. The van der Waals surface area contributed by atoms with E-state index in [-0.39, 0.29) is 12.1 Å². The van der Waals surface area contributed by atoms with E-state index < -0.39 is 0 Å². The molecule has 1 aromatic carbocycles. The second kappa shape index (κ2) is 6.43. The number of hydrogen-bond acceptors (Lipinski definition) is 3. The normalized spacial score (nSPS) is 19.2. The summed E-state index contributed by atoms with van der Waals surface area (Å²) in [5, 5.41) is 5.83. The van der Waals surface area contributed by atoms with Gasteiger partial charge in [-0.1, -0.05) is 6.92 Å². The van der Waals surface area contributed by atoms with Gasteiger partial charge in [-0.15, -0.1) is 0 Å². The molecule has 0 aromatic heterocycles. The summed E-state index contributed by atoms with van der Waals surface area (Å²) in [6.45, 7) is 5.18. The molecule has 1 aliphatic heterocycles. The molecule has 0 unspecified atom stereocenters. The van der Waals surface area contributed by atoms with Crippen molar-refractivity contribution in [3.63, 3.8) is 0 Å². The van der Waals surface area contributed by atoms with Crippen LogP contribution < -0.4 is 15.4 Å². The van der Waals surface area contributed by atoms with Crippen molar-refractivity contribution >= 4 is 11.7 Å². The first-order valence-electron chi connectivity index (χ1n) is 6.65. The largest absolute Gasteiger partial charge is 0.497 e. The molecule has 1 aromatic rings. The van der Waals surface area contributed by atoms with Crippen molar-refractivity contribution in [3.8, 4) is 5.75 Å². The molecule has 2 rings (SSSR count). The Balaban J connectivity index is 1.80. The van der Waals surface area contributed by atoms with Crippen LogP contribution in [-0.4, -0.2) is 43.7 Å². The molecule has 0 saturated carbocycles. The van der Waals surface area contributed by atoms with E-state index in [0.29, 0.717) is 0 Å². The highest BCUT2D eigenvalue weighted by Gasteiger charge is 2.22. The predicted molar refractivity (Wildman–Crippen MR) is 75.7 cm³/mol. The minimum atomic E-state index is -0.145. The molecule has 0 radical (unpaired) electrons. The molecule has 5 heteroatoms. The van der Waals surface area contributed by atoms with E-state index in [1.54, 1.807) is 7.11 Å². The fraction of sp³-hybridized carbons (Fsp3) is 0.500. The lowest BCUT2D eigenvalue weighted by molar-refractivity contribution is 0.248. The summed E-state index contributed by atoms with van der Waals surface area (Å²) in [6, 6.07) is 7.40. The van der Waals surface area contributed by atoms with E-state index in [0.717, 1.165) is 37.5 Å². The lowest BCUT2D eigenvalue weighted by atomic mass is 10.2. The van der Waals surface area contributed by atoms with Crippen molar-refractivity contribution in [2.24, 2.45) is 0 Å². The highest BCUT2D eigenvalue weighted by atomic mass is 16.5. The lowest BCUT2D eigenvalue weighted by Crippen LogP contribution is -2.39. The fourth-order valence-corrected chi connectivity index (χ4v) is 2.26. The molecular formula is C14H21N3O2. The summed E-state index contributed by atoms with van der Waals surface area (Å²) in [7, 11) is 1.62. The Morgan fingerprint density at radius 1 is 1.42 bits per heavy atom. The number of likely N-dealkylation sites (N-methyl/N-ethyl adjacent to an activating group) is 1. The van der Waals surface area contributed by atoms with E-state index in [2.05, 4.69) is 22.5 Å². The fourth-order valence-electron chi connectivity index (χ4n) is 2.26. The molecule has 2 amide bonds. The molecule has 19 heavy (non-hydrogen) atoms. The number of carbonyl (C=O) groups is 1. The van der Waals surface area contributed by atoms with E-state index in [4.69, 9.17) is 4.74 Å². The van der Waals surface area contributed by atoms with Crippen LogP contribution in [0.4, 0.5) is 10.5 Å². The van der Waals surface area contributed by atoms with Crippen molar-refractivity contribution < 1.29 is 9.53 Å². The molecule has 5 nitrogen and oxygen atoms in total. The van der Waals surface area contributed by atoms with Crippen LogP contribution in [0.5, 0.6) is 5.75 Å². The van der Waals surface area contributed by atoms with Gasteiger partial charge in [-0.2, -0.15) is 0 Å². The molecular weight excluding hydrogens is 242 g/mol. The minimum absolute atomic E-state index is 0.145. The number of urea groups is 1. The molecule has 1 saturated heterocycles. The highest BCUT2D eigenvalue weighted by molar-refractivity contribution is 5.89. The van der Waals surface area contributed by atoms with Crippen molar-refractivity contribution in [1.29, 1.82) is 0 Å². The van der Waals surface area contributed by atoms with E-state index in [1.807, 2.05) is 24.3 Å². The number of hydrogen-bond donors (Lipinski definition) is 2. The SMILES string of the molecule is CCN1CC[C@@H](NC(=O)Nc2ccc(OC)cc2)C1. The second-order valence-corrected chi connectivity index (χ2v) is 4.71.